The lowest BCUT2D eigenvalue weighted by Crippen LogP contribution is -2.91. The smallest absolute Gasteiger partial charge is 0.420 e. The second-order valence-corrected chi connectivity index (χ2v) is 45.0. The Morgan fingerprint density at radius 1 is 0.696 bits per heavy atom. The van der Waals surface area contributed by atoms with Gasteiger partial charge in [0.05, 0.1) is 0 Å². The summed E-state index contributed by atoms with van der Waals surface area (Å²) in [6.45, 7) is -5.57. The Labute approximate surface area is 150 Å². The first-order chi connectivity index (χ1) is 10.6. The Bertz CT molecular complexity index is 342. The molecule has 0 aliphatic carbocycles. The minimum absolute atomic E-state index is 1.14. The third-order valence-corrected chi connectivity index (χ3v) is 63.0. The van der Waals surface area contributed by atoms with Gasteiger partial charge in [-0.2, -0.15) is 0 Å². The van der Waals surface area contributed by atoms with Crippen molar-refractivity contribution in [2.24, 2.45) is 0 Å². The molecular weight excluding hydrogens is 481 g/mol. The molecule has 21 heteroatoms. The molecule has 1 atom stereocenters. The highest BCUT2D eigenvalue weighted by Gasteiger charge is 2.76. The van der Waals surface area contributed by atoms with Crippen LogP contribution in [0, 0.1) is 0 Å². The number of rotatable bonds is 12. The van der Waals surface area contributed by atoms with E-state index >= 15 is 0 Å². The summed E-state index contributed by atoms with van der Waals surface area (Å²) in [6.07, 6.45) is 0. The molecule has 23 heavy (non-hydrogen) atoms. The predicted octanol–water partition coefficient (Wildman–Crippen LogP) is -7.30. The molecule has 0 fully saturated rings. The van der Waals surface area contributed by atoms with Gasteiger partial charge in [-0.3, -0.25) is 0 Å². The first kappa shape index (κ1) is 24.7. The van der Waals surface area contributed by atoms with Crippen molar-refractivity contribution in [3.8, 4) is 0 Å². The normalized spacial score (nSPS) is 16.4. The van der Waals surface area contributed by atoms with Crippen LogP contribution in [0.2, 0.25) is 13.1 Å². The zero-order chi connectivity index (χ0) is 18.4. The number of hydrogen-bond acceptors (Lipinski definition) is 11. The highest BCUT2D eigenvalue weighted by atomic mass is 30.2. The standard InChI is InChI=1S/C2H14O11Si10/c1-20(2,9)13-22(11-14-3,21(10,16-5)17-6)23(18-7,19-8)12-15-4/h3-10H,1-2H3. The molecule has 0 spiro atoms. The topological polar surface area (TPSA) is 190 Å². The molecule has 0 aromatic rings. The van der Waals surface area contributed by atoms with Crippen LogP contribution in [0.25, 0.3) is 0 Å². The maximum Gasteiger partial charge on any atom is 0.420 e. The van der Waals surface area contributed by atoms with Gasteiger partial charge in [0.25, 0.3) is 13.7 Å². The summed E-state index contributed by atoms with van der Waals surface area (Å²) in [6, 6.07) is 0. The molecule has 1 unspecified atom stereocenters. The van der Waals surface area contributed by atoms with E-state index in [1.165, 1.54) is 13.1 Å². The van der Waals surface area contributed by atoms with Gasteiger partial charge in [-0.05, 0) is 13.1 Å². The van der Waals surface area contributed by atoms with E-state index in [0.29, 0.717) is 0 Å². The van der Waals surface area contributed by atoms with Gasteiger partial charge in [-0.25, -0.2) is 0 Å². The molecule has 12 radical (unpaired) electrons. The summed E-state index contributed by atoms with van der Waals surface area (Å²) < 4.78 is 16.0. The Kier molecular flexibility index (Phi) is 10.9. The molecule has 0 amide bonds. The van der Waals surface area contributed by atoms with Crippen molar-refractivity contribution >= 4 is 87.0 Å². The van der Waals surface area contributed by atoms with Gasteiger partial charge in [0.2, 0.25) is 37.1 Å². The van der Waals surface area contributed by atoms with Gasteiger partial charge in [0.15, 0.2) is 0 Å². The van der Waals surface area contributed by atoms with Crippen LogP contribution in [0.1, 0.15) is 0 Å². The first-order valence-electron chi connectivity index (χ1n) is 5.51. The molecule has 0 rings (SSSR count). The van der Waals surface area contributed by atoms with Gasteiger partial charge in [-0.15, -0.1) is 0 Å². The fourth-order valence-corrected chi connectivity index (χ4v) is 89.8. The minimum Gasteiger partial charge on any atom is -0.433 e. The summed E-state index contributed by atoms with van der Waals surface area (Å²) in [5.41, 5.74) is 0. The highest BCUT2D eigenvalue weighted by Crippen LogP contribution is 2.29. The van der Waals surface area contributed by atoms with Crippen LogP contribution < -0.4 is 0 Å². The maximum absolute atomic E-state index is 10.8. The van der Waals surface area contributed by atoms with Crippen molar-refractivity contribution in [2.45, 2.75) is 13.1 Å². The maximum atomic E-state index is 10.8. The van der Waals surface area contributed by atoms with Crippen LogP contribution >= 0.6 is 0 Å². The molecular formula is C2H14O11Si10. The first-order valence-corrected chi connectivity index (χ1v) is 25.5. The average molecular weight is 495 g/mol. The van der Waals surface area contributed by atoms with Crippen molar-refractivity contribution in [3.05, 3.63) is 0 Å². The fourth-order valence-electron chi connectivity index (χ4n) is 1.51. The van der Waals surface area contributed by atoms with E-state index in [1.54, 1.807) is 0 Å². The third kappa shape index (κ3) is 5.36. The van der Waals surface area contributed by atoms with Crippen molar-refractivity contribution in [1.82, 2.24) is 0 Å². The molecule has 128 valence electrons. The zero-order valence-corrected chi connectivity index (χ0v) is 21.8. The summed E-state index contributed by atoms with van der Waals surface area (Å²) in [5.74, 6) is 0. The van der Waals surface area contributed by atoms with Crippen molar-refractivity contribution in [3.63, 3.8) is 0 Å². The third-order valence-electron chi connectivity index (χ3n) is 2.36. The molecule has 11 nitrogen and oxygen atoms in total. The van der Waals surface area contributed by atoms with E-state index in [4.69, 9.17) is 17.1 Å². The van der Waals surface area contributed by atoms with Crippen LogP contribution in [0.4, 0.5) is 0 Å². The van der Waals surface area contributed by atoms with Crippen LogP contribution in [0.3, 0.4) is 0 Å². The molecule has 8 N–H and O–H groups in total. The number of hydrogen-bond donors (Lipinski definition) is 8. The summed E-state index contributed by atoms with van der Waals surface area (Å²) >= 11 is 0. The van der Waals surface area contributed by atoms with Gasteiger partial charge in [0.1, 0.15) is 0 Å². The Morgan fingerprint density at radius 3 is 1.39 bits per heavy atom. The molecule has 0 saturated carbocycles. The lowest BCUT2D eigenvalue weighted by molar-refractivity contribution is 0.321. The van der Waals surface area contributed by atoms with Crippen molar-refractivity contribution < 1.29 is 50.7 Å². The van der Waals surface area contributed by atoms with E-state index in [9.17, 15) is 33.6 Å². The molecule has 0 aromatic carbocycles. The summed E-state index contributed by atoms with van der Waals surface area (Å²) in [5, 5.41) is 0. The van der Waals surface area contributed by atoms with E-state index in [-0.39, 0.29) is 0 Å². The molecule has 0 saturated heterocycles. The van der Waals surface area contributed by atoms with Crippen LogP contribution in [-0.4, -0.2) is 125 Å². The lowest BCUT2D eigenvalue weighted by atomic mass is 11.9. The largest absolute Gasteiger partial charge is 0.433 e. The summed E-state index contributed by atoms with van der Waals surface area (Å²) in [4.78, 5) is 78.3. The van der Waals surface area contributed by atoms with Crippen molar-refractivity contribution in [2.75, 3.05) is 0 Å². The van der Waals surface area contributed by atoms with E-state index in [0.717, 1.165) is 0 Å². The average Bonchev–Trinajstić information content (AvgIpc) is 2.50. The Hall–Kier alpha value is 1.73. The van der Waals surface area contributed by atoms with Crippen LogP contribution in [0.15, 0.2) is 0 Å². The lowest BCUT2D eigenvalue weighted by Gasteiger charge is -2.49. The zero-order valence-electron chi connectivity index (χ0n) is 11.8. The van der Waals surface area contributed by atoms with Crippen LogP contribution in [0.5, 0.6) is 0 Å². The van der Waals surface area contributed by atoms with Crippen molar-refractivity contribution in [1.29, 1.82) is 0 Å². The second kappa shape index (κ2) is 10.2. The Balaban J connectivity index is 6.50. The molecule has 0 bridgehead atoms. The van der Waals surface area contributed by atoms with Gasteiger partial charge >= 0.3 is 36.2 Å². The fraction of sp³-hybridized carbons (Fsp3) is 1.00. The summed E-state index contributed by atoms with van der Waals surface area (Å²) in [7, 11) is -15.1. The van der Waals surface area contributed by atoms with E-state index in [1.807, 2.05) is 0 Å². The van der Waals surface area contributed by atoms with Gasteiger partial charge < -0.3 is 50.7 Å². The molecule has 0 aliphatic heterocycles. The quantitative estimate of drug-likeness (QED) is 0.120. The van der Waals surface area contributed by atoms with Gasteiger partial charge in [0, 0.05) is 0 Å². The SMILES string of the molecule is C[Si](C)(O)O[Si](O[Si]O)([Si](O)([Si]O)[Si]O)[Si](O[Si]O)([Si]O)[Si]O. The molecule has 0 aliphatic rings. The van der Waals surface area contributed by atoms with Crippen LogP contribution in [-0.2, 0) is 12.3 Å². The van der Waals surface area contributed by atoms with E-state index < -0.39 is 87.0 Å². The van der Waals surface area contributed by atoms with E-state index in [2.05, 4.69) is 0 Å². The highest BCUT2D eigenvalue weighted by molar-refractivity contribution is 7.95. The second-order valence-electron chi connectivity index (χ2n) is 4.39. The predicted molar refractivity (Wildman–Crippen MR) is 90.3 cm³/mol. The molecule has 0 heterocycles. The minimum atomic E-state index is -4.40. The monoisotopic (exact) mass is 494 g/mol. The molecule has 0 aromatic heterocycles. The Morgan fingerprint density at radius 2 is 1.13 bits per heavy atom. The van der Waals surface area contributed by atoms with Gasteiger partial charge in [-0.1, -0.05) is 0 Å².